The molecule has 0 saturated carbocycles. The van der Waals surface area contributed by atoms with Gasteiger partial charge in [-0.2, -0.15) is 0 Å². The van der Waals surface area contributed by atoms with Crippen LogP contribution in [0.4, 0.5) is 0 Å². The molecule has 98 valence electrons. The number of H-pyrrole nitrogens is 1. The highest BCUT2D eigenvalue weighted by Gasteiger charge is 2.09. The molecule has 0 aliphatic rings. The topological polar surface area (TPSA) is 68.3 Å². The van der Waals surface area contributed by atoms with E-state index in [9.17, 15) is 0 Å². The van der Waals surface area contributed by atoms with Crippen molar-refractivity contribution in [3.8, 4) is 0 Å². The molecule has 18 heavy (non-hydrogen) atoms. The second kappa shape index (κ2) is 6.00. The van der Waals surface area contributed by atoms with Gasteiger partial charge in [-0.25, -0.2) is 0 Å². The summed E-state index contributed by atoms with van der Waals surface area (Å²) in [4.78, 5) is 3.37. The molecule has 0 atom stereocenters. The summed E-state index contributed by atoms with van der Waals surface area (Å²) >= 11 is 0. The summed E-state index contributed by atoms with van der Waals surface area (Å²) in [6.07, 6.45) is 0.881. The predicted octanol–water partition coefficient (Wildman–Crippen LogP) is 0.962. The minimum absolute atomic E-state index is 0.0383. The van der Waals surface area contributed by atoms with Crippen LogP contribution in [0.15, 0.2) is 24.3 Å². The number of para-hydroxylation sites is 1. The quantitative estimate of drug-likeness (QED) is 0.615. The first-order valence-electron chi connectivity index (χ1n) is 6.27. The minimum atomic E-state index is -0.226. The molecule has 1 aromatic heterocycles. The largest absolute Gasteiger partial charge is 0.395 e. The second-order valence-electron chi connectivity index (χ2n) is 4.54. The van der Waals surface area contributed by atoms with Gasteiger partial charge >= 0.3 is 0 Å². The van der Waals surface area contributed by atoms with Crippen molar-refractivity contribution in [3.05, 3.63) is 35.5 Å². The minimum Gasteiger partial charge on any atom is -0.395 e. The number of hydrogen-bond acceptors (Lipinski definition) is 3. The summed E-state index contributed by atoms with van der Waals surface area (Å²) < 4.78 is 0. The van der Waals surface area contributed by atoms with Crippen LogP contribution in [-0.2, 0) is 6.42 Å². The van der Waals surface area contributed by atoms with Gasteiger partial charge in [0.05, 0.1) is 19.3 Å². The lowest BCUT2D eigenvalue weighted by atomic mass is 10.1. The van der Waals surface area contributed by atoms with Crippen LogP contribution in [-0.4, -0.2) is 41.0 Å². The Labute approximate surface area is 107 Å². The number of aromatic amines is 1. The lowest BCUT2D eigenvalue weighted by Crippen LogP contribution is -2.36. The average Bonchev–Trinajstić information content (AvgIpc) is 2.71. The number of benzene rings is 1. The molecule has 2 aromatic rings. The average molecular weight is 248 g/mol. The van der Waals surface area contributed by atoms with Crippen LogP contribution < -0.4 is 5.32 Å². The van der Waals surface area contributed by atoms with Gasteiger partial charge in [-0.15, -0.1) is 0 Å². The number of aromatic nitrogens is 1. The molecular formula is C14H20N2O2. The Morgan fingerprint density at radius 1 is 1.22 bits per heavy atom. The van der Waals surface area contributed by atoms with E-state index in [1.807, 2.05) is 12.1 Å². The van der Waals surface area contributed by atoms with Crippen molar-refractivity contribution >= 4 is 10.9 Å². The zero-order valence-corrected chi connectivity index (χ0v) is 10.6. The maximum absolute atomic E-state index is 8.98. The summed E-state index contributed by atoms with van der Waals surface area (Å²) in [6.45, 7) is 2.74. The van der Waals surface area contributed by atoms with Gasteiger partial charge in [-0.05, 0) is 31.5 Å². The van der Waals surface area contributed by atoms with Crippen LogP contribution in [0.3, 0.4) is 0 Å². The van der Waals surface area contributed by atoms with E-state index in [1.54, 1.807) is 0 Å². The van der Waals surface area contributed by atoms with Crippen molar-refractivity contribution in [2.75, 3.05) is 19.8 Å². The first-order valence-corrected chi connectivity index (χ1v) is 6.27. The van der Waals surface area contributed by atoms with Crippen LogP contribution in [0, 0.1) is 6.92 Å². The van der Waals surface area contributed by atoms with E-state index in [0.29, 0.717) is 0 Å². The zero-order valence-electron chi connectivity index (χ0n) is 10.6. The van der Waals surface area contributed by atoms with Crippen molar-refractivity contribution in [3.63, 3.8) is 0 Å². The third-order valence-corrected chi connectivity index (χ3v) is 3.28. The molecule has 1 heterocycles. The van der Waals surface area contributed by atoms with E-state index >= 15 is 0 Å². The van der Waals surface area contributed by atoms with Gasteiger partial charge < -0.3 is 20.5 Å². The highest BCUT2D eigenvalue weighted by molar-refractivity contribution is 5.84. The molecule has 4 nitrogen and oxygen atoms in total. The van der Waals surface area contributed by atoms with Crippen LogP contribution in [0.5, 0.6) is 0 Å². The van der Waals surface area contributed by atoms with E-state index < -0.39 is 0 Å². The van der Waals surface area contributed by atoms with Gasteiger partial charge in [0.25, 0.3) is 0 Å². The Morgan fingerprint density at radius 3 is 2.67 bits per heavy atom. The van der Waals surface area contributed by atoms with Crippen molar-refractivity contribution in [1.82, 2.24) is 10.3 Å². The summed E-state index contributed by atoms with van der Waals surface area (Å²) in [7, 11) is 0. The van der Waals surface area contributed by atoms with E-state index in [4.69, 9.17) is 10.2 Å². The van der Waals surface area contributed by atoms with Crippen LogP contribution >= 0.6 is 0 Å². The Kier molecular flexibility index (Phi) is 4.36. The van der Waals surface area contributed by atoms with Crippen LogP contribution in [0.25, 0.3) is 10.9 Å². The summed E-state index contributed by atoms with van der Waals surface area (Å²) in [5.41, 5.74) is 3.64. The fourth-order valence-corrected chi connectivity index (χ4v) is 2.25. The van der Waals surface area contributed by atoms with Crippen molar-refractivity contribution in [2.24, 2.45) is 0 Å². The molecule has 2 rings (SSSR count). The maximum Gasteiger partial charge on any atom is 0.0607 e. The molecule has 0 bridgehead atoms. The van der Waals surface area contributed by atoms with Gasteiger partial charge in [-0.1, -0.05) is 18.2 Å². The first-order chi connectivity index (χ1) is 8.76. The number of aliphatic hydroxyl groups is 2. The molecule has 0 spiro atoms. The van der Waals surface area contributed by atoms with Gasteiger partial charge in [0.15, 0.2) is 0 Å². The summed E-state index contributed by atoms with van der Waals surface area (Å²) in [5.74, 6) is 0. The SMILES string of the molecule is Cc1[nH]c2ccccc2c1CCNC(CO)CO. The predicted molar refractivity (Wildman–Crippen MR) is 72.7 cm³/mol. The van der Waals surface area contributed by atoms with E-state index in [-0.39, 0.29) is 19.3 Å². The third kappa shape index (κ3) is 2.72. The van der Waals surface area contributed by atoms with Gasteiger partial charge in [-0.3, -0.25) is 0 Å². The summed E-state index contributed by atoms with van der Waals surface area (Å²) in [5, 5.41) is 22.3. The van der Waals surface area contributed by atoms with Gasteiger partial charge in [0.1, 0.15) is 0 Å². The fraction of sp³-hybridized carbons (Fsp3) is 0.429. The molecule has 0 aliphatic carbocycles. The van der Waals surface area contributed by atoms with Crippen LogP contribution in [0.1, 0.15) is 11.3 Å². The molecule has 0 amide bonds. The number of hydrogen-bond donors (Lipinski definition) is 4. The molecule has 1 aromatic carbocycles. The molecule has 0 radical (unpaired) electrons. The standard InChI is InChI=1S/C14H20N2O2/c1-10-12(6-7-15-11(8-17)9-18)13-4-2-3-5-14(13)16-10/h2-5,11,15-18H,6-9H2,1H3. The molecule has 4 heteroatoms. The number of fused-ring (bicyclic) bond motifs is 1. The first kappa shape index (κ1) is 13.1. The van der Waals surface area contributed by atoms with Gasteiger partial charge in [0, 0.05) is 16.6 Å². The normalized spacial score (nSPS) is 11.6. The van der Waals surface area contributed by atoms with Gasteiger partial charge in [0.2, 0.25) is 0 Å². The Balaban J connectivity index is 2.05. The second-order valence-corrected chi connectivity index (χ2v) is 4.54. The molecule has 0 aliphatic heterocycles. The lowest BCUT2D eigenvalue weighted by Gasteiger charge is -2.13. The Morgan fingerprint density at radius 2 is 1.94 bits per heavy atom. The van der Waals surface area contributed by atoms with Crippen molar-refractivity contribution in [1.29, 1.82) is 0 Å². The smallest absolute Gasteiger partial charge is 0.0607 e. The number of aryl methyl sites for hydroxylation is 1. The van der Waals surface area contributed by atoms with E-state index in [1.165, 1.54) is 16.6 Å². The molecule has 0 fully saturated rings. The molecule has 4 N–H and O–H groups in total. The van der Waals surface area contributed by atoms with E-state index in [0.717, 1.165) is 18.5 Å². The van der Waals surface area contributed by atoms with Crippen molar-refractivity contribution in [2.45, 2.75) is 19.4 Å². The number of nitrogens with one attached hydrogen (secondary N) is 2. The Bertz CT molecular complexity index is 503. The third-order valence-electron chi connectivity index (χ3n) is 3.28. The molecule has 0 unspecified atom stereocenters. The highest BCUT2D eigenvalue weighted by Crippen LogP contribution is 2.21. The monoisotopic (exact) mass is 248 g/mol. The number of aliphatic hydroxyl groups excluding tert-OH is 2. The highest BCUT2D eigenvalue weighted by atomic mass is 16.3. The Hall–Kier alpha value is -1.36. The van der Waals surface area contributed by atoms with Crippen molar-refractivity contribution < 1.29 is 10.2 Å². The fourth-order valence-electron chi connectivity index (χ4n) is 2.25. The summed E-state index contributed by atoms with van der Waals surface area (Å²) in [6, 6.07) is 8.02. The van der Waals surface area contributed by atoms with E-state index in [2.05, 4.69) is 29.4 Å². The molecular weight excluding hydrogens is 228 g/mol. The lowest BCUT2D eigenvalue weighted by molar-refractivity contribution is 0.171. The molecule has 0 saturated heterocycles. The maximum atomic E-state index is 8.98. The van der Waals surface area contributed by atoms with Crippen LogP contribution in [0.2, 0.25) is 0 Å². The zero-order chi connectivity index (χ0) is 13.0. The number of rotatable bonds is 6.